The second-order valence-corrected chi connectivity index (χ2v) is 5.23. The largest absolute Gasteiger partial charge is 0.391 e. The summed E-state index contributed by atoms with van der Waals surface area (Å²) in [6.45, 7) is 3.88. The van der Waals surface area contributed by atoms with Gasteiger partial charge in [-0.2, -0.15) is 4.98 Å². The summed E-state index contributed by atoms with van der Waals surface area (Å²) < 4.78 is 5.13. The molecule has 0 spiro atoms. The highest BCUT2D eigenvalue weighted by Crippen LogP contribution is 2.34. The molecule has 0 aliphatic heterocycles. The summed E-state index contributed by atoms with van der Waals surface area (Å²) in [5.74, 6) is 2.20. The van der Waals surface area contributed by atoms with Crippen LogP contribution in [-0.2, 0) is 0 Å². The molecular formula is C12H21N3O2. The van der Waals surface area contributed by atoms with E-state index in [1.165, 1.54) is 12.8 Å². The predicted octanol–water partition coefficient (Wildman–Crippen LogP) is 1.74. The molecule has 1 fully saturated rings. The van der Waals surface area contributed by atoms with Gasteiger partial charge in [0.25, 0.3) is 0 Å². The van der Waals surface area contributed by atoms with Gasteiger partial charge >= 0.3 is 0 Å². The molecule has 1 heterocycles. The third kappa shape index (κ3) is 2.84. The molecule has 4 atom stereocenters. The van der Waals surface area contributed by atoms with Gasteiger partial charge in [0.1, 0.15) is 6.04 Å². The lowest BCUT2D eigenvalue weighted by Crippen LogP contribution is -2.23. The van der Waals surface area contributed by atoms with Crippen LogP contribution >= 0.6 is 0 Å². The zero-order valence-electron chi connectivity index (χ0n) is 10.5. The lowest BCUT2D eigenvalue weighted by Gasteiger charge is -2.23. The lowest BCUT2D eigenvalue weighted by molar-refractivity contribution is 0.146. The number of nitrogens with two attached hydrogens (primary N) is 1. The number of aromatic nitrogens is 2. The normalized spacial score (nSPS) is 28.9. The Morgan fingerprint density at radius 2 is 2.24 bits per heavy atom. The van der Waals surface area contributed by atoms with Gasteiger partial charge in [-0.15, -0.1) is 0 Å². The van der Waals surface area contributed by atoms with Gasteiger partial charge in [-0.05, 0) is 25.7 Å². The molecule has 2 rings (SSSR count). The minimum absolute atomic E-state index is 0.341. The summed E-state index contributed by atoms with van der Waals surface area (Å²) in [4.78, 5) is 4.33. The van der Waals surface area contributed by atoms with Crippen molar-refractivity contribution >= 4 is 0 Å². The summed E-state index contributed by atoms with van der Waals surface area (Å²) in [6, 6.07) is -0.586. The Hall–Kier alpha value is -0.940. The Kier molecular flexibility index (Phi) is 3.79. The first-order valence-corrected chi connectivity index (χ1v) is 6.35. The molecule has 0 radical (unpaired) electrons. The van der Waals surface area contributed by atoms with E-state index in [1.54, 1.807) is 6.92 Å². The number of aliphatic hydroxyl groups is 1. The number of rotatable bonds is 3. The zero-order valence-corrected chi connectivity index (χ0v) is 10.5. The lowest BCUT2D eigenvalue weighted by atomic mass is 9.82. The maximum Gasteiger partial charge on any atom is 0.246 e. The van der Waals surface area contributed by atoms with Gasteiger partial charge < -0.3 is 15.4 Å². The molecule has 96 valence electrons. The van der Waals surface area contributed by atoms with Crippen molar-refractivity contribution in [2.75, 3.05) is 0 Å². The molecule has 1 aliphatic carbocycles. The highest BCUT2D eigenvalue weighted by Gasteiger charge is 2.26. The average Bonchev–Trinajstić information content (AvgIpc) is 2.77. The van der Waals surface area contributed by atoms with Crippen LogP contribution < -0.4 is 5.73 Å². The van der Waals surface area contributed by atoms with Gasteiger partial charge in [0.05, 0.1) is 6.10 Å². The van der Waals surface area contributed by atoms with E-state index in [0.717, 1.165) is 24.6 Å². The number of hydrogen-bond acceptors (Lipinski definition) is 5. The second kappa shape index (κ2) is 5.14. The maximum atomic E-state index is 9.38. The summed E-state index contributed by atoms with van der Waals surface area (Å²) in [5, 5.41) is 13.4. The molecule has 0 saturated heterocycles. The van der Waals surface area contributed by atoms with Crippen molar-refractivity contribution in [3.63, 3.8) is 0 Å². The number of hydrogen-bond donors (Lipinski definition) is 2. The summed E-state index contributed by atoms with van der Waals surface area (Å²) in [5.41, 5.74) is 5.76. The average molecular weight is 239 g/mol. The van der Waals surface area contributed by atoms with E-state index in [4.69, 9.17) is 10.3 Å². The minimum atomic E-state index is -0.673. The number of nitrogens with zero attached hydrogens (tertiary/aromatic N) is 2. The quantitative estimate of drug-likeness (QED) is 0.839. The Balaban J connectivity index is 2.07. The van der Waals surface area contributed by atoms with Crippen molar-refractivity contribution in [2.24, 2.45) is 11.7 Å². The first-order chi connectivity index (χ1) is 8.08. The molecule has 1 aromatic rings. The molecule has 0 bridgehead atoms. The van der Waals surface area contributed by atoms with Crippen molar-refractivity contribution in [3.8, 4) is 0 Å². The Morgan fingerprint density at radius 1 is 1.47 bits per heavy atom. The van der Waals surface area contributed by atoms with Gasteiger partial charge in [0.15, 0.2) is 5.82 Å². The Labute approximate surface area is 101 Å². The highest BCUT2D eigenvalue weighted by atomic mass is 16.5. The first kappa shape index (κ1) is 12.5. The molecule has 1 aromatic heterocycles. The van der Waals surface area contributed by atoms with Gasteiger partial charge in [-0.25, -0.2) is 0 Å². The molecule has 0 amide bonds. The van der Waals surface area contributed by atoms with Gasteiger partial charge in [0, 0.05) is 5.92 Å². The molecule has 17 heavy (non-hydrogen) atoms. The SMILES string of the molecule is CC1CCCC(c2noc(C(N)C(C)O)n2)C1. The number of aliphatic hydroxyl groups excluding tert-OH is 1. The van der Waals surface area contributed by atoms with E-state index in [2.05, 4.69) is 17.1 Å². The molecule has 1 aliphatic rings. The van der Waals surface area contributed by atoms with Crippen LogP contribution in [0, 0.1) is 5.92 Å². The van der Waals surface area contributed by atoms with Crippen molar-refractivity contribution in [2.45, 2.75) is 57.6 Å². The fourth-order valence-electron chi connectivity index (χ4n) is 2.42. The summed E-state index contributed by atoms with van der Waals surface area (Å²) >= 11 is 0. The Bertz CT molecular complexity index is 364. The van der Waals surface area contributed by atoms with Crippen LogP contribution in [0.25, 0.3) is 0 Å². The standard InChI is InChI=1S/C12H21N3O2/c1-7-4-3-5-9(6-7)11-14-12(17-15-11)10(13)8(2)16/h7-10,16H,3-6,13H2,1-2H3. The van der Waals surface area contributed by atoms with Crippen molar-refractivity contribution < 1.29 is 9.63 Å². The van der Waals surface area contributed by atoms with Gasteiger partial charge in [0.2, 0.25) is 5.89 Å². The fraction of sp³-hybridized carbons (Fsp3) is 0.833. The highest BCUT2D eigenvalue weighted by molar-refractivity contribution is 5.00. The first-order valence-electron chi connectivity index (χ1n) is 6.35. The molecule has 5 heteroatoms. The minimum Gasteiger partial charge on any atom is -0.391 e. The molecule has 4 unspecified atom stereocenters. The molecule has 3 N–H and O–H groups in total. The fourth-order valence-corrected chi connectivity index (χ4v) is 2.42. The van der Waals surface area contributed by atoms with E-state index < -0.39 is 12.1 Å². The van der Waals surface area contributed by atoms with Crippen molar-refractivity contribution in [1.82, 2.24) is 10.1 Å². The van der Waals surface area contributed by atoms with E-state index in [1.807, 2.05) is 0 Å². The molecular weight excluding hydrogens is 218 g/mol. The van der Waals surface area contributed by atoms with E-state index in [9.17, 15) is 5.11 Å². The maximum absolute atomic E-state index is 9.38. The van der Waals surface area contributed by atoms with E-state index >= 15 is 0 Å². The Morgan fingerprint density at radius 3 is 2.88 bits per heavy atom. The smallest absolute Gasteiger partial charge is 0.246 e. The van der Waals surface area contributed by atoms with Crippen molar-refractivity contribution in [1.29, 1.82) is 0 Å². The monoisotopic (exact) mass is 239 g/mol. The van der Waals surface area contributed by atoms with Crippen LogP contribution in [0.3, 0.4) is 0 Å². The second-order valence-electron chi connectivity index (χ2n) is 5.23. The third-order valence-electron chi connectivity index (χ3n) is 3.56. The van der Waals surface area contributed by atoms with Crippen LogP contribution in [-0.4, -0.2) is 21.4 Å². The zero-order chi connectivity index (χ0) is 12.4. The van der Waals surface area contributed by atoms with Crippen LogP contribution in [0.1, 0.15) is 63.2 Å². The van der Waals surface area contributed by atoms with Crippen LogP contribution in [0.4, 0.5) is 0 Å². The summed E-state index contributed by atoms with van der Waals surface area (Å²) in [6.07, 6.45) is 4.07. The van der Waals surface area contributed by atoms with Gasteiger partial charge in [-0.3, -0.25) is 0 Å². The summed E-state index contributed by atoms with van der Waals surface area (Å²) in [7, 11) is 0. The van der Waals surface area contributed by atoms with Crippen molar-refractivity contribution in [3.05, 3.63) is 11.7 Å². The molecule has 5 nitrogen and oxygen atoms in total. The van der Waals surface area contributed by atoms with Crippen LogP contribution in [0.15, 0.2) is 4.52 Å². The van der Waals surface area contributed by atoms with E-state index in [0.29, 0.717) is 11.8 Å². The van der Waals surface area contributed by atoms with Crippen LogP contribution in [0.2, 0.25) is 0 Å². The molecule has 0 aromatic carbocycles. The third-order valence-corrected chi connectivity index (χ3v) is 3.56. The van der Waals surface area contributed by atoms with Crippen LogP contribution in [0.5, 0.6) is 0 Å². The van der Waals surface area contributed by atoms with E-state index in [-0.39, 0.29) is 0 Å². The predicted molar refractivity (Wildman–Crippen MR) is 63.3 cm³/mol. The van der Waals surface area contributed by atoms with Gasteiger partial charge in [-0.1, -0.05) is 24.9 Å². The molecule has 1 saturated carbocycles. The topological polar surface area (TPSA) is 85.2 Å².